The van der Waals surface area contributed by atoms with Crippen LogP contribution in [0.25, 0.3) is 11.0 Å². The zero-order chi connectivity index (χ0) is 16.7. The molecule has 1 fully saturated rings. The van der Waals surface area contributed by atoms with E-state index in [4.69, 9.17) is 4.98 Å². The van der Waals surface area contributed by atoms with Crippen molar-refractivity contribution in [3.8, 4) is 0 Å². The van der Waals surface area contributed by atoms with Crippen LogP contribution >= 0.6 is 12.4 Å². The van der Waals surface area contributed by atoms with Crippen molar-refractivity contribution >= 4 is 23.4 Å². The minimum Gasteiger partial charge on any atom is -0.412 e. The van der Waals surface area contributed by atoms with E-state index in [1.165, 1.54) is 16.7 Å². The van der Waals surface area contributed by atoms with Crippen molar-refractivity contribution in [2.24, 2.45) is 0 Å². The summed E-state index contributed by atoms with van der Waals surface area (Å²) in [6.45, 7) is 6.61. The van der Waals surface area contributed by atoms with Crippen LogP contribution in [0.1, 0.15) is 54.2 Å². The Labute approximate surface area is 160 Å². The first-order valence-corrected chi connectivity index (χ1v) is 8.73. The lowest BCUT2D eigenvalue weighted by molar-refractivity contribution is 0.300. The van der Waals surface area contributed by atoms with Gasteiger partial charge in [-0.15, -0.1) is 12.4 Å². The van der Waals surface area contributed by atoms with Gasteiger partial charge >= 0.3 is 0 Å². The molecule has 1 aliphatic heterocycles. The van der Waals surface area contributed by atoms with Gasteiger partial charge in [0.1, 0.15) is 5.82 Å². The number of halogens is 1. The lowest BCUT2D eigenvalue weighted by Crippen LogP contribution is -2.38. The number of aryl methyl sites for hydroxylation is 2. The zero-order valence-electron chi connectivity index (χ0n) is 15.4. The number of rotatable bonds is 2. The van der Waals surface area contributed by atoms with Gasteiger partial charge in [0, 0.05) is 24.2 Å². The maximum atomic E-state index is 4.78. The number of hydrogen-bond donors (Lipinski definition) is 2. The van der Waals surface area contributed by atoms with E-state index >= 15 is 0 Å². The van der Waals surface area contributed by atoms with Crippen LogP contribution in [0.2, 0.25) is 0 Å². The highest BCUT2D eigenvalue weighted by Gasteiger charge is 2.29. The first-order chi connectivity index (χ1) is 11.6. The zero-order valence-corrected chi connectivity index (χ0v) is 16.2. The Hall–Kier alpha value is -1.95. The highest BCUT2D eigenvalue weighted by atomic mass is 35.5. The Morgan fingerprint density at radius 1 is 1.08 bits per heavy atom. The summed E-state index contributed by atoms with van der Waals surface area (Å²) < 4.78 is 0. The molecular weight excluding hydrogens is 348 g/mol. The van der Waals surface area contributed by atoms with Crippen LogP contribution in [0.5, 0.6) is 0 Å². The Bertz CT molecular complexity index is 879. The predicted molar refractivity (Wildman–Crippen MR) is 108 cm³/mol. The molecule has 0 amide bonds. The SMILES string of the molecule is Cc1ccc(C2CC(c3ncc4[nH]ccc4n3)CC(C)N2)cc1C.Cl.O. The molecule has 3 heterocycles. The standard InChI is InChI=1S/C20H24N4.ClH.H2O/c1-12-4-5-15(8-13(12)2)18-10-16(9-14(3)23-18)20-22-11-19-17(24-20)6-7-21-19;;/h4-8,11,14,16,18,21,23H,9-10H2,1-3H3;1H;1H2. The summed E-state index contributed by atoms with van der Waals surface area (Å²) in [6.07, 6.45) is 5.96. The predicted octanol–water partition coefficient (Wildman–Crippen LogP) is 3.77. The van der Waals surface area contributed by atoms with Gasteiger partial charge in [0.15, 0.2) is 0 Å². The van der Waals surface area contributed by atoms with Crippen molar-refractivity contribution in [3.63, 3.8) is 0 Å². The van der Waals surface area contributed by atoms with E-state index in [1.54, 1.807) is 0 Å². The van der Waals surface area contributed by atoms with Crippen molar-refractivity contribution < 1.29 is 5.48 Å². The lowest BCUT2D eigenvalue weighted by Gasteiger charge is -2.34. The molecule has 0 radical (unpaired) electrons. The molecule has 3 unspecified atom stereocenters. The molecule has 4 rings (SSSR count). The van der Waals surface area contributed by atoms with E-state index in [0.717, 1.165) is 29.7 Å². The van der Waals surface area contributed by atoms with Crippen molar-refractivity contribution in [1.29, 1.82) is 0 Å². The molecule has 1 aromatic carbocycles. The number of H-pyrrole nitrogens is 1. The largest absolute Gasteiger partial charge is 0.412 e. The summed E-state index contributed by atoms with van der Waals surface area (Å²) in [6, 6.07) is 9.64. The topological polar surface area (TPSA) is 85.1 Å². The highest BCUT2D eigenvalue weighted by molar-refractivity contribution is 5.85. The number of aromatic amines is 1. The second kappa shape index (κ2) is 8.16. The fourth-order valence-electron chi connectivity index (χ4n) is 3.77. The molecule has 4 N–H and O–H groups in total. The third-order valence-corrected chi connectivity index (χ3v) is 5.26. The van der Waals surface area contributed by atoms with E-state index in [-0.39, 0.29) is 17.9 Å². The van der Waals surface area contributed by atoms with Crippen molar-refractivity contribution in [3.05, 3.63) is 59.2 Å². The van der Waals surface area contributed by atoms with Crippen molar-refractivity contribution in [2.75, 3.05) is 0 Å². The summed E-state index contributed by atoms with van der Waals surface area (Å²) in [5.41, 5.74) is 6.09. The van der Waals surface area contributed by atoms with E-state index in [0.29, 0.717) is 18.0 Å². The normalized spacial score (nSPS) is 22.5. The smallest absolute Gasteiger partial charge is 0.132 e. The minimum atomic E-state index is 0. The highest BCUT2D eigenvalue weighted by Crippen LogP contribution is 2.35. The molecule has 6 heteroatoms. The maximum Gasteiger partial charge on any atom is 0.132 e. The molecule has 0 saturated carbocycles. The third kappa shape index (κ3) is 3.90. The number of aromatic nitrogens is 3. The van der Waals surface area contributed by atoms with Gasteiger partial charge in [0.2, 0.25) is 0 Å². The Balaban J connectivity index is 0.00000121. The molecule has 0 aliphatic carbocycles. The summed E-state index contributed by atoms with van der Waals surface area (Å²) in [4.78, 5) is 12.6. The molecule has 3 atom stereocenters. The molecule has 140 valence electrons. The fraction of sp³-hybridized carbons (Fsp3) is 0.400. The molecule has 0 spiro atoms. The average Bonchev–Trinajstić information content (AvgIpc) is 3.04. The van der Waals surface area contributed by atoms with Crippen molar-refractivity contribution in [2.45, 2.75) is 51.6 Å². The molecule has 0 bridgehead atoms. The van der Waals surface area contributed by atoms with Crippen molar-refractivity contribution in [1.82, 2.24) is 20.3 Å². The van der Waals surface area contributed by atoms with Crippen LogP contribution in [0, 0.1) is 13.8 Å². The van der Waals surface area contributed by atoms with Gasteiger partial charge < -0.3 is 15.8 Å². The van der Waals surface area contributed by atoms with Crippen LogP contribution in [0.15, 0.2) is 36.7 Å². The van der Waals surface area contributed by atoms with Crippen LogP contribution in [-0.4, -0.2) is 26.5 Å². The molecule has 2 aromatic heterocycles. The Morgan fingerprint density at radius 2 is 1.88 bits per heavy atom. The third-order valence-electron chi connectivity index (χ3n) is 5.26. The maximum absolute atomic E-state index is 4.78. The van der Waals surface area contributed by atoms with Gasteiger partial charge in [0.25, 0.3) is 0 Å². The second-order valence-electron chi connectivity index (χ2n) is 7.14. The van der Waals surface area contributed by atoms with E-state index in [2.05, 4.69) is 54.3 Å². The molecule has 1 aliphatic rings. The van der Waals surface area contributed by atoms with E-state index in [1.807, 2.05) is 18.5 Å². The van der Waals surface area contributed by atoms with Gasteiger partial charge in [-0.1, -0.05) is 18.2 Å². The van der Waals surface area contributed by atoms with Crippen LogP contribution in [-0.2, 0) is 0 Å². The number of benzene rings is 1. The van der Waals surface area contributed by atoms with Gasteiger partial charge in [0.05, 0.1) is 17.2 Å². The summed E-state index contributed by atoms with van der Waals surface area (Å²) in [7, 11) is 0. The Morgan fingerprint density at radius 3 is 2.65 bits per heavy atom. The molecule has 26 heavy (non-hydrogen) atoms. The quantitative estimate of drug-likeness (QED) is 0.715. The van der Waals surface area contributed by atoms with E-state index < -0.39 is 0 Å². The first kappa shape index (κ1) is 20.4. The number of hydrogen-bond acceptors (Lipinski definition) is 3. The molecule has 3 aromatic rings. The number of nitrogens with zero attached hydrogens (tertiary/aromatic N) is 2. The number of fused-ring (bicyclic) bond motifs is 1. The second-order valence-corrected chi connectivity index (χ2v) is 7.14. The van der Waals surface area contributed by atoms with Gasteiger partial charge in [-0.3, -0.25) is 0 Å². The van der Waals surface area contributed by atoms with Crippen LogP contribution in [0.4, 0.5) is 0 Å². The summed E-state index contributed by atoms with van der Waals surface area (Å²) >= 11 is 0. The van der Waals surface area contributed by atoms with Gasteiger partial charge in [-0.05, 0) is 56.4 Å². The first-order valence-electron chi connectivity index (χ1n) is 8.73. The monoisotopic (exact) mass is 374 g/mol. The van der Waals surface area contributed by atoms with E-state index in [9.17, 15) is 0 Å². The van der Waals surface area contributed by atoms with Gasteiger partial charge in [-0.2, -0.15) is 0 Å². The summed E-state index contributed by atoms with van der Waals surface area (Å²) in [5, 5.41) is 3.75. The molecule has 5 nitrogen and oxygen atoms in total. The average molecular weight is 375 g/mol. The molecular formula is C20H27ClN4O. The number of piperidine rings is 1. The lowest BCUT2D eigenvalue weighted by atomic mass is 9.84. The van der Waals surface area contributed by atoms with Crippen LogP contribution in [0.3, 0.4) is 0 Å². The summed E-state index contributed by atoms with van der Waals surface area (Å²) in [5.74, 6) is 1.37. The minimum absolute atomic E-state index is 0. The van der Waals surface area contributed by atoms with Crippen LogP contribution < -0.4 is 5.32 Å². The van der Waals surface area contributed by atoms with Gasteiger partial charge in [-0.25, -0.2) is 9.97 Å². The molecule has 1 saturated heterocycles. The fourth-order valence-corrected chi connectivity index (χ4v) is 3.77. The Kier molecular flexibility index (Phi) is 6.39. The number of nitrogens with one attached hydrogen (secondary N) is 2.